The topological polar surface area (TPSA) is 73.2 Å². The van der Waals surface area contributed by atoms with E-state index in [2.05, 4.69) is 10.2 Å². The van der Waals surface area contributed by atoms with Gasteiger partial charge < -0.3 is 23.9 Å². The van der Waals surface area contributed by atoms with Gasteiger partial charge in [-0.15, -0.1) is 0 Å². The summed E-state index contributed by atoms with van der Waals surface area (Å²) in [7, 11) is 3.29. The van der Waals surface area contributed by atoms with Gasteiger partial charge in [0, 0.05) is 29.6 Å². The van der Waals surface area contributed by atoms with Gasteiger partial charge in [0.15, 0.2) is 5.76 Å². The highest BCUT2D eigenvalue weighted by Crippen LogP contribution is 2.44. The maximum absolute atomic E-state index is 13.2. The predicted octanol–water partition coefficient (Wildman–Crippen LogP) is 5.12. The number of nitrogens with one attached hydrogen (secondary N) is 1. The quantitative estimate of drug-likeness (QED) is 0.402. The average Bonchev–Trinajstić information content (AvgIpc) is 3.27. The molecule has 2 heterocycles. The molecule has 1 N–H and O–H groups in total. The van der Waals surface area contributed by atoms with Gasteiger partial charge in [-0.25, -0.2) is 0 Å². The minimum Gasteiger partial charge on any atom is -0.497 e. The molecule has 1 atom stereocenters. The van der Waals surface area contributed by atoms with Gasteiger partial charge in [0.2, 0.25) is 0 Å². The van der Waals surface area contributed by atoms with Crippen molar-refractivity contribution < 1.29 is 23.4 Å². The molecule has 5 rings (SSSR count). The fraction of sp³-hybridized carbons (Fsp3) is 0.250. The SMILES string of the molecule is COc1ccc(OC)c(C(c2oc3ccccc3c2NC(=O)c2ccccc2)N2CCOCC2)c1. The number of para-hydroxylation sites is 1. The normalized spacial score (nSPS) is 15.0. The molecular formula is C28H28N2O5. The fourth-order valence-corrected chi connectivity index (χ4v) is 4.55. The molecule has 1 aliphatic heterocycles. The first-order valence-corrected chi connectivity index (χ1v) is 11.6. The molecule has 0 spiro atoms. The molecule has 7 nitrogen and oxygen atoms in total. The summed E-state index contributed by atoms with van der Waals surface area (Å²) in [6, 6.07) is 22.3. The Balaban J connectivity index is 1.69. The Labute approximate surface area is 204 Å². The number of amides is 1. The number of anilines is 1. The van der Waals surface area contributed by atoms with Crippen LogP contribution < -0.4 is 14.8 Å². The second-order valence-electron chi connectivity index (χ2n) is 8.32. The number of nitrogens with zero attached hydrogens (tertiary/aromatic N) is 1. The van der Waals surface area contributed by atoms with Gasteiger partial charge in [-0.3, -0.25) is 9.69 Å². The number of morpholine rings is 1. The van der Waals surface area contributed by atoms with Crippen molar-refractivity contribution in [3.05, 3.63) is 89.7 Å². The van der Waals surface area contributed by atoms with E-state index in [-0.39, 0.29) is 11.9 Å². The zero-order valence-electron chi connectivity index (χ0n) is 19.8. The molecule has 3 aromatic carbocycles. The van der Waals surface area contributed by atoms with Crippen LogP contribution in [-0.2, 0) is 4.74 Å². The van der Waals surface area contributed by atoms with E-state index in [1.54, 1.807) is 26.4 Å². The smallest absolute Gasteiger partial charge is 0.255 e. The third-order valence-electron chi connectivity index (χ3n) is 6.29. The largest absolute Gasteiger partial charge is 0.497 e. The van der Waals surface area contributed by atoms with Crippen molar-refractivity contribution in [3.8, 4) is 11.5 Å². The minimum atomic E-state index is -0.331. The van der Waals surface area contributed by atoms with Crippen molar-refractivity contribution in [2.75, 3.05) is 45.8 Å². The number of methoxy groups -OCH3 is 2. The Morgan fingerprint density at radius 3 is 2.43 bits per heavy atom. The van der Waals surface area contributed by atoms with Crippen molar-refractivity contribution in [2.24, 2.45) is 0 Å². The number of fused-ring (bicyclic) bond motifs is 1. The van der Waals surface area contributed by atoms with Crippen LogP contribution in [0.25, 0.3) is 11.0 Å². The molecule has 0 aliphatic carbocycles. The lowest BCUT2D eigenvalue weighted by Crippen LogP contribution is -2.39. The summed E-state index contributed by atoms with van der Waals surface area (Å²) in [5.74, 6) is 1.87. The molecule has 1 saturated heterocycles. The van der Waals surface area contributed by atoms with Crippen molar-refractivity contribution in [3.63, 3.8) is 0 Å². The van der Waals surface area contributed by atoms with Gasteiger partial charge in [-0.2, -0.15) is 0 Å². The second-order valence-corrected chi connectivity index (χ2v) is 8.32. The Morgan fingerprint density at radius 1 is 0.943 bits per heavy atom. The summed E-state index contributed by atoms with van der Waals surface area (Å²) in [5, 5.41) is 3.98. The zero-order chi connectivity index (χ0) is 24.2. The van der Waals surface area contributed by atoms with E-state index < -0.39 is 0 Å². The first-order valence-electron chi connectivity index (χ1n) is 11.6. The molecule has 0 radical (unpaired) electrons. The number of carbonyl (C=O) groups is 1. The van der Waals surface area contributed by atoms with E-state index >= 15 is 0 Å². The molecule has 7 heteroatoms. The van der Waals surface area contributed by atoms with Gasteiger partial charge >= 0.3 is 0 Å². The van der Waals surface area contributed by atoms with E-state index in [1.165, 1.54) is 0 Å². The average molecular weight is 473 g/mol. The van der Waals surface area contributed by atoms with Crippen molar-refractivity contribution in [1.82, 2.24) is 4.90 Å². The van der Waals surface area contributed by atoms with Crippen molar-refractivity contribution in [2.45, 2.75) is 6.04 Å². The fourth-order valence-electron chi connectivity index (χ4n) is 4.55. The lowest BCUT2D eigenvalue weighted by molar-refractivity contribution is 0.0201. The van der Waals surface area contributed by atoms with Crippen LogP contribution in [0.15, 0.2) is 77.2 Å². The summed E-state index contributed by atoms with van der Waals surface area (Å²) in [5.41, 5.74) is 2.82. The standard InChI is InChI=1S/C28H28N2O5/c1-32-20-12-13-23(33-2)22(18-20)26(30-14-16-34-17-15-30)27-25(21-10-6-7-11-24(21)35-27)29-28(31)19-8-4-3-5-9-19/h3-13,18,26H,14-17H2,1-2H3,(H,29,31). The highest BCUT2D eigenvalue weighted by molar-refractivity contribution is 6.09. The Morgan fingerprint density at radius 2 is 1.69 bits per heavy atom. The van der Waals surface area contributed by atoms with Crippen LogP contribution in [0.1, 0.15) is 27.7 Å². The third kappa shape index (κ3) is 4.60. The van der Waals surface area contributed by atoms with Gasteiger partial charge in [0.25, 0.3) is 5.91 Å². The summed E-state index contributed by atoms with van der Waals surface area (Å²) in [6.45, 7) is 2.62. The van der Waals surface area contributed by atoms with Crippen LogP contribution in [0, 0.1) is 0 Å². The van der Waals surface area contributed by atoms with Gasteiger partial charge in [-0.1, -0.05) is 30.3 Å². The lowest BCUT2D eigenvalue weighted by Gasteiger charge is -2.34. The number of ether oxygens (including phenoxy) is 3. The van der Waals surface area contributed by atoms with E-state index in [9.17, 15) is 4.79 Å². The van der Waals surface area contributed by atoms with Crippen LogP contribution in [-0.4, -0.2) is 51.3 Å². The maximum atomic E-state index is 13.2. The van der Waals surface area contributed by atoms with E-state index in [0.29, 0.717) is 60.4 Å². The minimum absolute atomic E-state index is 0.197. The molecule has 1 aromatic heterocycles. The van der Waals surface area contributed by atoms with E-state index in [4.69, 9.17) is 18.6 Å². The van der Waals surface area contributed by atoms with Gasteiger partial charge in [0.1, 0.15) is 17.1 Å². The Hall–Kier alpha value is -3.81. The Kier molecular flexibility index (Phi) is 6.70. The van der Waals surface area contributed by atoms with Gasteiger partial charge in [0.05, 0.1) is 39.2 Å². The number of rotatable bonds is 7. The van der Waals surface area contributed by atoms with Crippen molar-refractivity contribution in [1.29, 1.82) is 0 Å². The molecule has 1 aliphatic rings. The maximum Gasteiger partial charge on any atom is 0.255 e. The van der Waals surface area contributed by atoms with Crippen LogP contribution in [0.4, 0.5) is 5.69 Å². The summed E-state index contributed by atoms with van der Waals surface area (Å²) in [6.07, 6.45) is 0. The molecule has 1 unspecified atom stereocenters. The Bertz CT molecular complexity index is 1310. The highest BCUT2D eigenvalue weighted by atomic mass is 16.5. The summed E-state index contributed by atoms with van der Waals surface area (Å²) < 4.78 is 23.4. The molecule has 180 valence electrons. The number of carbonyl (C=O) groups excluding carboxylic acids is 1. The predicted molar refractivity (Wildman–Crippen MR) is 134 cm³/mol. The zero-order valence-corrected chi connectivity index (χ0v) is 19.8. The molecule has 4 aromatic rings. The summed E-state index contributed by atoms with van der Waals surface area (Å²) >= 11 is 0. The van der Waals surface area contributed by atoms with Crippen LogP contribution in [0.2, 0.25) is 0 Å². The van der Waals surface area contributed by atoms with Crippen LogP contribution in [0.3, 0.4) is 0 Å². The van der Waals surface area contributed by atoms with E-state index in [1.807, 2.05) is 60.7 Å². The molecule has 0 bridgehead atoms. The number of hydrogen-bond donors (Lipinski definition) is 1. The molecule has 1 amide bonds. The van der Waals surface area contributed by atoms with Crippen LogP contribution in [0.5, 0.6) is 11.5 Å². The van der Waals surface area contributed by atoms with Gasteiger partial charge in [-0.05, 0) is 42.5 Å². The monoisotopic (exact) mass is 472 g/mol. The molecule has 1 fully saturated rings. The molecule has 0 saturated carbocycles. The molecular weight excluding hydrogens is 444 g/mol. The first kappa shape index (κ1) is 23.0. The lowest BCUT2D eigenvalue weighted by atomic mass is 9.98. The number of hydrogen-bond acceptors (Lipinski definition) is 6. The highest BCUT2D eigenvalue weighted by Gasteiger charge is 2.33. The third-order valence-corrected chi connectivity index (χ3v) is 6.29. The second kappa shape index (κ2) is 10.2. The summed E-state index contributed by atoms with van der Waals surface area (Å²) in [4.78, 5) is 15.5. The van der Waals surface area contributed by atoms with Crippen molar-refractivity contribution >= 4 is 22.6 Å². The van der Waals surface area contributed by atoms with E-state index in [0.717, 1.165) is 10.9 Å². The van der Waals surface area contributed by atoms with Crippen LogP contribution >= 0.6 is 0 Å². The molecule has 35 heavy (non-hydrogen) atoms. The number of benzene rings is 3. The first-order chi connectivity index (χ1) is 17.2. The number of furan rings is 1.